The van der Waals surface area contributed by atoms with Crippen LogP contribution in [-0.2, 0) is 7.05 Å². The topological polar surface area (TPSA) is 51.1 Å². The van der Waals surface area contributed by atoms with Gasteiger partial charge in [-0.25, -0.2) is 0 Å². The van der Waals surface area contributed by atoms with Crippen LogP contribution in [0.5, 0.6) is 0 Å². The lowest BCUT2D eigenvalue weighted by molar-refractivity contribution is 0.0935. The smallest absolute Gasteiger partial charge is 0.251 e. The fourth-order valence-corrected chi connectivity index (χ4v) is 1.97. The van der Waals surface area contributed by atoms with Crippen LogP contribution in [0.2, 0.25) is 0 Å². The normalized spacial score (nSPS) is 11.3. The summed E-state index contributed by atoms with van der Waals surface area (Å²) in [4.78, 5) is 23.3. The molecule has 0 fully saturated rings. The lowest BCUT2D eigenvalue weighted by Gasteiger charge is -2.23. The monoisotopic (exact) mass is 270 g/mol. The van der Waals surface area contributed by atoms with Gasteiger partial charge in [0.25, 0.3) is 11.5 Å². The highest BCUT2D eigenvalue weighted by Gasteiger charge is 2.18. The Labute approximate surface area is 112 Å². The number of pyridine rings is 1. The van der Waals surface area contributed by atoms with Gasteiger partial charge in [0.15, 0.2) is 0 Å². The van der Waals surface area contributed by atoms with Crippen molar-refractivity contribution in [1.29, 1.82) is 0 Å². The summed E-state index contributed by atoms with van der Waals surface area (Å²) in [6.45, 7) is 4.62. The van der Waals surface area contributed by atoms with Crippen LogP contribution in [0.1, 0.15) is 30.6 Å². The third-order valence-corrected chi connectivity index (χ3v) is 3.05. The Kier molecular flexibility index (Phi) is 4.96. The second-order valence-corrected chi connectivity index (χ2v) is 5.53. The van der Waals surface area contributed by atoms with E-state index in [9.17, 15) is 9.59 Å². The zero-order valence-electron chi connectivity index (χ0n) is 11.0. The van der Waals surface area contributed by atoms with Gasteiger partial charge in [0.05, 0.1) is 0 Å². The van der Waals surface area contributed by atoms with Gasteiger partial charge in [-0.1, -0.05) is 13.8 Å². The molecule has 0 radical (unpaired) electrons. The molecular weight excluding hydrogens is 252 g/mol. The molecule has 1 rings (SSSR count). The largest absolute Gasteiger partial charge is 0.351 e. The number of hydrogen-bond donors (Lipinski definition) is 1. The van der Waals surface area contributed by atoms with Crippen LogP contribution in [0, 0.1) is 5.41 Å². The third kappa shape index (κ3) is 4.18. The summed E-state index contributed by atoms with van der Waals surface area (Å²) in [5.74, 6) is 0.338. The number of carbonyl (C=O) groups is 1. The fourth-order valence-electron chi connectivity index (χ4n) is 1.46. The minimum Gasteiger partial charge on any atom is -0.351 e. The van der Waals surface area contributed by atoms with Crippen LogP contribution < -0.4 is 10.9 Å². The maximum absolute atomic E-state index is 11.9. The molecular formula is C13H19ClN2O2. The molecule has 0 spiro atoms. The van der Waals surface area contributed by atoms with Gasteiger partial charge >= 0.3 is 0 Å². The molecule has 5 heteroatoms. The van der Waals surface area contributed by atoms with E-state index in [4.69, 9.17) is 11.6 Å². The molecule has 1 aromatic heterocycles. The fraction of sp³-hybridized carbons (Fsp3) is 0.538. The Morgan fingerprint density at radius 3 is 2.72 bits per heavy atom. The van der Waals surface area contributed by atoms with Gasteiger partial charge in [0.2, 0.25) is 0 Å². The first kappa shape index (κ1) is 14.8. The highest BCUT2D eigenvalue weighted by atomic mass is 35.5. The Bertz CT molecular complexity index is 480. The van der Waals surface area contributed by atoms with Gasteiger partial charge in [-0.05, 0) is 17.9 Å². The van der Waals surface area contributed by atoms with Crippen molar-refractivity contribution in [2.75, 3.05) is 12.4 Å². The molecule has 4 nitrogen and oxygen atoms in total. The molecule has 0 aromatic carbocycles. The van der Waals surface area contributed by atoms with Crippen LogP contribution in [0.4, 0.5) is 0 Å². The molecule has 0 aliphatic rings. The quantitative estimate of drug-likeness (QED) is 0.829. The van der Waals surface area contributed by atoms with E-state index in [2.05, 4.69) is 5.32 Å². The summed E-state index contributed by atoms with van der Waals surface area (Å²) >= 11 is 5.70. The molecule has 0 atom stereocenters. The molecule has 1 N–H and O–H groups in total. The number of hydrogen-bond acceptors (Lipinski definition) is 2. The SMILES string of the molecule is Cn1ccc(C(=O)NCC(C)(C)CCCl)cc1=O. The van der Waals surface area contributed by atoms with Gasteiger partial charge < -0.3 is 9.88 Å². The molecule has 0 saturated heterocycles. The minimum atomic E-state index is -0.227. The number of nitrogens with one attached hydrogen (secondary N) is 1. The lowest BCUT2D eigenvalue weighted by Crippen LogP contribution is -2.35. The van der Waals surface area contributed by atoms with Gasteiger partial charge in [-0.15, -0.1) is 11.6 Å². The predicted molar refractivity (Wildman–Crippen MR) is 73.1 cm³/mol. The Morgan fingerprint density at radius 1 is 1.50 bits per heavy atom. The highest BCUT2D eigenvalue weighted by molar-refractivity contribution is 6.17. The second kappa shape index (κ2) is 6.05. The van der Waals surface area contributed by atoms with E-state index in [0.29, 0.717) is 18.0 Å². The van der Waals surface area contributed by atoms with E-state index >= 15 is 0 Å². The summed E-state index contributed by atoms with van der Waals surface area (Å²) < 4.78 is 1.42. The number of halogens is 1. The molecule has 0 bridgehead atoms. The van der Waals surface area contributed by atoms with Crippen LogP contribution in [0.25, 0.3) is 0 Å². The summed E-state index contributed by atoms with van der Waals surface area (Å²) in [6, 6.07) is 2.97. The molecule has 0 saturated carbocycles. The third-order valence-electron chi connectivity index (χ3n) is 2.87. The van der Waals surface area contributed by atoms with Crippen molar-refractivity contribution < 1.29 is 4.79 Å². The number of aryl methyl sites for hydroxylation is 1. The van der Waals surface area contributed by atoms with Gasteiger partial charge in [0.1, 0.15) is 0 Å². The number of amides is 1. The number of rotatable bonds is 5. The van der Waals surface area contributed by atoms with Crippen molar-refractivity contribution in [2.24, 2.45) is 12.5 Å². The maximum atomic E-state index is 11.9. The zero-order valence-corrected chi connectivity index (χ0v) is 11.8. The van der Waals surface area contributed by atoms with Gasteiger partial charge in [-0.3, -0.25) is 9.59 Å². The van der Waals surface area contributed by atoms with E-state index in [1.165, 1.54) is 10.6 Å². The van der Waals surface area contributed by atoms with Crippen molar-refractivity contribution in [3.8, 4) is 0 Å². The zero-order chi connectivity index (χ0) is 13.8. The van der Waals surface area contributed by atoms with Crippen molar-refractivity contribution >= 4 is 17.5 Å². The van der Waals surface area contributed by atoms with Crippen LogP contribution >= 0.6 is 11.6 Å². The molecule has 1 heterocycles. The van der Waals surface area contributed by atoms with Crippen molar-refractivity contribution in [3.05, 3.63) is 34.2 Å². The van der Waals surface area contributed by atoms with Crippen LogP contribution in [0.15, 0.2) is 23.1 Å². The highest BCUT2D eigenvalue weighted by Crippen LogP contribution is 2.19. The number of nitrogens with zero attached hydrogens (tertiary/aromatic N) is 1. The first-order chi connectivity index (χ1) is 8.35. The standard InChI is InChI=1S/C13H19ClN2O2/c1-13(2,5-6-14)9-15-12(18)10-4-7-16(3)11(17)8-10/h4,7-8H,5-6,9H2,1-3H3,(H,15,18). The van der Waals surface area contributed by atoms with E-state index < -0.39 is 0 Å². The van der Waals surface area contributed by atoms with Gasteiger partial charge in [-0.2, -0.15) is 0 Å². The lowest BCUT2D eigenvalue weighted by atomic mass is 9.90. The first-order valence-electron chi connectivity index (χ1n) is 5.86. The molecule has 0 aliphatic carbocycles. The number of alkyl halides is 1. The maximum Gasteiger partial charge on any atom is 0.251 e. The molecule has 0 unspecified atom stereocenters. The molecule has 0 aliphatic heterocycles. The van der Waals surface area contributed by atoms with Crippen molar-refractivity contribution in [3.63, 3.8) is 0 Å². The second-order valence-electron chi connectivity index (χ2n) is 5.15. The van der Waals surface area contributed by atoms with E-state index in [0.717, 1.165) is 6.42 Å². The molecule has 100 valence electrons. The Hall–Kier alpha value is -1.29. The van der Waals surface area contributed by atoms with Gasteiger partial charge in [0, 0.05) is 37.3 Å². The van der Waals surface area contributed by atoms with Crippen molar-refractivity contribution in [2.45, 2.75) is 20.3 Å². The van der Waals surface area contributed by atoms with Crippen LogP contribution in [0.3, 0.4) is 0 Å². The average Bonchev–Trinajstić information content (AvgIpc) is 2.30. The average molecular weight is 271 g/mol. The number of carbonyl (C=O) groups excluding carboxylic acids is 1. The van der Waals surface area contributed by atoms with E-state index in [-0.39, 0.29) is 16.9 Å². The molecule has 1 aromatic rings. The summed E-state index contributed by atoms with van der Waals surface area (Å²) in [6.07, 6.45) is 2.41. The Balaban J connectivity index is 2.66. The van der Waals surface area contributed by atoms with Crippen molar-refractivity contribution in [1.82, 2.24) is 9.88 Å². The van der Waals surface area contributed by atoms with E-state index in [1.54, 1.807) is 19.3 Å². The first-order valence-corrected chi connectivity index (χ1v) is 6.40. The molecule has 18 heavy (non-hydrogen) atoms. The van der Waals surface area contributed by atoms with E-state index in [1.807, 2.05) is 13.8 Å². The van der Waals surface area contributed by atoms with Crippen LogP contribution in [-0.4, -0.2) is 22.9 Å². The summed E-state index contributed by atoms with van der Waals surface area (Å²) in [5.41, 5.74) is 0.152. The summed E-state index contributed by atoms with van der Waals surface area (Å²) in [7, 11) is 1.65. The molecule has 1 amide bonds. The minimum absolute atomic E-state index is 0.0445. The number of aromatic nitrogens is 1. The predicted octanol–water partition coefficient (Wildman–Crippen LogP) is 1.77. The Morgan fingerprint density at radius 2 is 2.17 bits per heavy atom. The summed E-state index contributed by atoms with van der Waals surface area (Å²) in [5, 5.41) is 2.82.